The fraction of sp³-hybridized carbons (Fsp3) is 0.389. The number of carboxylic acids is 1. The molecule has 138 valence electrons. The summed E-state index contributed by atoms with van der Waals surface area (Å²) >= 11 is 0. The van der Waals surface area contributed by atoms with Crippen molar-refractivity contribution in [3.05, 3.63) is 46.0 Å². The van der Waals surface area contributed by atoms with Gasteiger partial charge in [0.05, 0.1) is 23.6 Å². The van der Waals surface area contributed by atoms with E-state index < -0.39 is 23.3 Å². The number of H-pyrrole nitrogens is 1. The molecule has 1 fully saturated rings. The van der Waals surface area contributed by atoms with Crippen LogP contribution in [0.4, 0.5) is 4.39 Å². The van der Waals surface area contributed by atoms with Crippen LogP contribution in [0.25, 0.3) is 10.9 Å². The summed E-state index contributed by atoms with van der Waals surface area (Å²) < 4.78 is 19.0. The number of benzene rings is 1. The van der Waals surface area contributed by atoms with E-state index >= 15 is 0 Å². The zero-order valence-corrected chi connectivity index (χ0v) is 14.0. The monoisotopic (exact) mass is 362 g/mol. The van der Waals surface area contributed by atoms with Crippen molar-refractivity contribution in [1.82, 2.24) is 9.88 Å². The van der Waals surface area contributed by atoms with Crippen molar-refractivity contribution in [3.63, 3.8) is 0 Å². The summed E-state index contributed by atoms with van der Waals surface area (Å²) in [7, 11) is 0. The Balaban J connectivity index is 1.95. The summed E-state index contributed by atoms with van der Waals surface area (Å²) in [6, 6.07) is 4.94. The number of fused-ring (bicyclic) bond motifs is 1. The Morgan fingerprint density at radius 2 is 2.15 bits per heavy atom. The summed E-state index contributed by atoms with van der Waals surface area (Å²) in [5.74, 6) is -2.02. The summed E-state index contributed by atoms with van der Waals surface area (Å²) in [4.78, 5) is 39.7. The van der Waals surface area contributed by atoms with Crippen LogP contribution in [0.15, 0.2) is 29.1 Å². The van der Waals surface area contributed by atoms with Gasteiger partial charge in [0.25, 0.3) is 5.91 Å². The number of hydrogen-bond donors (Lipinski definition) is 2. The molecule has 1 aromatic carbocycles. The van der Waals surface area contributed by atoms with Gasteiger partial charge in [0.15, 0.2) is 0 Å². The molecule has 0 radical (unpaired) electrons. The van der Waals surface area contributed by atoms with E-state index in [0.29, 0.717) is 12.0 Å². The van der Waals surface area contributed by atoms with Crippen molar-refractivity contribution >= 4 is 22.8 Å². The number of carboxylic acid groups (broad SMARTS) is 1. The standard InChI is InChI=1S/C18H19FN2O5/c19-11-3-4-13-14(9-16(22)20-15(13)8-11)18(25)21(6-5-17(23)24)10-12-2-1-7-26-12/h3-4,8-9,12H,1-2,5-7,10H2,(H,20,22)(H,23,24). The topological polar surface area (TPSA) is 99.7 Å². The molecule has 0 spiro atoms. The maximum absolute atomic E-state index is 13.4. The van der Waals surface area contributed by atoms with E-state index in [9.17, 15) is 18.8 Å². The summed E-state index contributed by atoms with van der Waals surface area (Å²) in [5, 5.41) is 9.36. The van der Waals surface area contributed by atoms with Crippen LogP contribution >= 0.6 is 0 Å². The van der Waals surface area contributed by atoms with Crippen LogP contribution in [0.1, 0.15) is 29.6 Å². The van der Waals surface area contributed by atoms with Gasteiger partial charge < -0.3 is 19.7 Å². The first-order valence-electron chi connectivity index (χ1n) is 8.39. The molecule has 0 bridgehead atoms. The Bertz CT molecular complexity index is 889. The van der Waals surface area contributed by atoms with E-state index in [1.165, 1.54) is 17.0 Å². The predicted molar refractivity (Wildman–Crippen MR) is 91.7 cm³/mol. The second-order valence-corrected chi connectivity index (χ2v) is 6.27. The Morgan fingerprint density at radius 3 is 2.85 bits per heavy atom. The van der Waals surface area contributed by atoms with E-state index in [0.717, 1.165) is 25.0 Å². The smallest absolute Gasteiger partial charge is 0.305 e. The molecule has 2 heterocycles. The van der Waals surface area contributed by atoms with E-state index in [4.69, 9.17) is 9.84 Å². The molecule has 2 aromatic rings. The lowest BCUT2D eigenvalue weighted by molar-refractivity contribution is -0.137. The van der Waals surface area contributed by atoms with Gasteiger partial charge in [0, 0.05) is 31.1 Å². The van der Waals surface area contributed by atoms with Crippen molar-refractivity contribution in [1.29, 1.82) is 0 Å². The lowest BCUT2D eigenvalue weighted by Gasteiger charge is -2.25. The zero-order chi connectivity index (χ0) is 18.7. The molecule has 0 saturated carbocycles. The molecule has 1 amide bonds. The van der Waals surface area contributed by atoms with E-state index in [1.807, 2.05) is 0 Å². The molecule has 2 N–H and O–H groups in total. The minimum absolute atomic E-state index is 0.00349. The number of halogens is 1. The first kappa shape index (κ1) is 18.1. The molecule has 8 heteroatoms. The number of nitrogens with one attached hydrogen (secondary N) is 1. The quantitative estimate of drug-likeness (QED) is 0.816. The molecule has 0 aliphatic carbocycles. The van der Waals surface area contributed by atoms with Gasteiger partial charge >= 0.3 is 5.97 Å². The zero-order valence-electron chi connectivity index (χ0n) is 14.0. The lowest BCUT2D eigenvalue weighted by atomic mass is 10.1. The average Bonchev–Trinajstić information content (AvgIpc) is 3.09. The fourth-order valence-corrected chi connectivity index (χ4v) is 3.12. The molecule has 1 atom stereocenters. The van der Waals surface area contributed by atoms with Gasteiger partial charge in [0.2, 0.25) is 5.56 Å². The number of aromatic amines is 1. The minimum atomic E-state index is -1.02. The number of carbonyl (C=O) groups excluding carboxylic acids is 1. The Labute approximate surface area is 148 Å². The second kappa shape index (κ2) is 7.65. The van der Waals surface area contributed by atoms with Crippen LogP contribution in [-0.4, -0.2) is 52.7 Å². The largest absolute Gasteiger partial charge is 0.481 e. The molecule has 1 aliphatic rings. The Kier molecular flexibility index (Phi) is 5.32. The number of aromatic nitrogens is 1. The van der Waals surface area contributed by atoms with Gasteiger partial charge in [0.1, 0.15) is 5.82 Å². The van der Waals surface area contributed by atoms with Crippen molar-refractivity contribution in [3.8, 4) is 0 Å². The first-order valence-corrected chi connectivity index (χ1v) is 8.39. The summed E-state index contributed by atoms with van der Waals surface area (Å²) in [6.07, 6.45) is 1.31. The van der Waals surface area contributed by atoms with E-state index in [2.05, 4.69) is 4.98 Å². The molecule has 1 aliphatic heterocycles. The Morgan fingerprint density at radius 1 is 1.35 bits per heavy atom. The van der Waals surface area contributed by atoms with Gasteiger partial charge in [-0.1, -0.05) is 0 Å². The fourth-order valence-electron chi connectivity index (χ4n) is 3.12. The third-order valence-corrected chi connectivity index (χ3v) is 4.37. The van der Waals surface area contributed by atoms with Gasteiger partial charge in [-0.3, -0.25) is 14.4 Å². The minimum Gasteiger partial charge on any atom is -0.481 e. The number of rotatable bonds is 6. The number of nitrogens with zero attached hydrogens (tertiary/aromatic N) is 1. The lowest BCUT2D eigenvalue weighted by Crippen LogP contribution is -2.39. The maximum atomic E-state index is 13.4. The second-order valence-electron chi connectivity index (χ2n) is 6.27. The van der Waals surface area contributed by atoms with Crippen molar-refractivity contribution in [2.75, 3.05) is 19.7 Å². The van der Waals surface area contributed by atoms with Crippen LogP contribution in [-0.2, 0) is 9.53 Å². The van der Waals surface area contributed by atoms with Crippen LogP contribution in [0.2, 0.25) is 0 Å². The highest BCUT2D eigenvalue weighted by Gasteiger charge is 2.25. The van der Waals surface area contributed by atoms with Crippen LogP contribution in [0, 0.1) is 5.82 Å². The average molecular weight is 362 g/mol. The SMILES string of the molecule is O=C(O)CCN(CC1CCCO1)C(=O)c1cc(=O)[nH]c2cc(F)ccc12. The molecule has 1 saturated heterocycles. The molecule has 7 nitrogen and oxygen atoms in total. The van der Waals surface area contributed by atoms with Crippen molar-refractivity contribution in [2.24, 2.45) is 0 Å². The molecule has 26 heavy (non-hydrogen) atoms. The number of amides is 1. The third kappa shape index (κ3) is 4.08. The summed E-state index contributed by atoms with van der Waals surface area (Å²) in [6.45, 7) is 0.865. The van der Waals surface area contributed by atoms with E-state index in [1.54, 1.807) is 0 Å². The number of pyridine rings is 1. The van der Waals surface area contributed by atoms with Crippen LogP contribution < -0.4 is 5.56 Å². The van der Waals surface area contributed by atoms with Gasteiger partial charge in [-0.25, -0.2) is 4.39 Å². The highest BCUT2D eigenvalue weighted by Crippen LogP contribution is 2.20. The molecule has 3 rings (SSSR count). The molecule has 1 aromatic heterocycles. The molecule has 1 unspecified atom stereocenters. The van der Waals surface area contributed by atoms with Gasteiger partial charge in [-0.05, 0) is 31.0 Å². The first-order chi connectivity index (χ1) is 12.4. The third-order valence-electron chi connectivity index (χ3n) is 4.37. The van der Waals surface area contributed by atoms with Crippen molar-refractivity contribution in [2.45, 2.75) is 25.4 Å². The van der Waals surface area contributed by atoms with Gasteiger partial charge in [-0.15, -0.1) is 0 Å². The van der Waals surface area contributed by atoms with Gasteiger partial charge in [-0.2, -0.15) is 0 Å². The highest BCUT2D eigenvalue weighted by molar-refractivity contribution is 6.06. The van der Waals surface area contributed by atoms with Crippen molar-refractivity contribution < 1.29 is 23.8 Å². The highest BCUT2D eigenvalue weighted by atomic mass is 19.1. The number of aliphatic carboxylic acids is 1. The normalized spacial score (nSPS) is 16.7. The number of carbonyl (C=O) groups is 2. The van der Waals surface area contributed by atoms with Crippen LogP contribution in [0.5, 0.6) is 0 Å². The molecular weight excluding hydrogens is 343 g/mol. The number of ether oxygens (including phenoxy) is 1. The van der Waals surface area contributed by atoms with E-state index in [-0.39, 0.29) is 36.7 Å². The number of hydrogen-bond acceptors (Lipinski definition) is 4. The summed E-state index contributed by atoms with van der Waals surface area (Å²) in [5.41, 5.74) is -0.190. The van der Waals surface area contributed by atoms with Crippen LogP contribution in [0.3, 0.4) is 0 Å². The predicted octanol–water partition coefficient (Wildman–Crippen LogP) is 1.76. The maximum Gasteiger partial charge on any atom is 0.305 e. The molecular formula is C18H19FN2O5. The Hall–Kier alpha value is -2.74.